The van der Waals surface area contributed by atoms with Crippen molar-refractivity contribution < 1.29 is 4.79 Å². The van der Waals surface area contributed by atoms with Crippen molar-refractivity contribution in [3.8, 4) is 5.69 Å². The molecule has 0 radical (unpaired) electrons. The van der Waals surface area contributed by atoms with Gasteiger partial charge in [-0.2, -0.15) is 5.10 Å². The van der Waals surface area contributed by atoms with E-state index in [-0.39, 0.29) is 5.78 Å². The lowest BCUT2D eigenvalue weighted by atomic mass is 10.2. The maximum absolute atomic E-state index is 11.3. The average Bonchev–Trinajstić information content (AvgIpc) is 2.60. The number of carbonyl (C=O) groups is 1. The quantitative estimate of drug-likeness (QED) is 0.720. The van der Waals surface area contributed by atoms with Crippen molar-refractivity contribution in [2.75, 3.05) is 0 Å². The van der Waals surface area contributed by atoms with Crippen LogP contribution in [0.3, 0.4) is 0 Å². The van der Waals surface area contributed by atoms with Gasteiger partial charge in [-0.25, -0.2) is 4.68 Å². The molecule has 1 aromatic heterocycles. The predicted octanol–water partition coefficient (Wildman–Crippen LogP) is 2.69. The Morgan fingerprint density at radius 3 is 2.62 bits per heavy atom. The van der Waals surface area contributed by atoms with Gasteiger partial charge in [-0.15, -0.1) is 0 Å². The Morgan fingerprint density at radius 2 is 2.06 bits per heavy atom. The van der Waals surface area contributed by atoms with Gasteiger partial charge >= 0.3 is 0 Å². The number of nitrogens with zero attached hydrogens (tertiary/aromatic N) is 2. The number of Topliss-reactive ketones (excluding diaryl/α,β-unsaturated/α-hetero) is 1. The second kappa shape index (κ2) is 3.93. The Kier molecular flexibility index (Phi) is 2.60. The first-order valence-electron chi connectivity index (χ1n) is 5.22. The summed E-state index contributed by atoms with van der Waals surface area (Å²) < 4.78 is 1.75. The van der Waals surface area contributed by atoms with Crippen LogP contribution >= 0.6 is 0 Å². The van der Waals surface area contributed by atoms with Crippen LogP contribution in [0.1, 0.15) is 28.5 Å². The van der Waals surface area contributed by atoms with E-state index < -0.39 is 0 Å². The summed E-state index contributed by atoms with van der Waals surface area (Å²) in [5.74, 6) is 0.0522. The SMILES string of the molecule is CC(=O)c1cn(-c2cccc(C)c2)nc1C. The second-order valence-corrected chi connectivity index (χ2v) is 3.97. The van der Waals surface area contributed by atoms with Gasteiger partial charge in [0.1, 0.15) is 0 Å². The molecular weight excluding hydrogens is 200 g/mol. The summed E-state index contributed by atoms with van der Waals surface area (Å²) in [6, 6.07) is 8.03. The fourth-order valence-corrected chi connectivity index (χ4v) is 1.71. The second-order valence-electron chi connectivity index (χ2n) is 3.97. The van der Waals surface area contributed by atoms with E-state index >= 15 is 0 Å². The number of hydrogen-bond acceptors (Lipinski definition) is 2. The lowest BCUT2D eigenvalue weighted by molar-refractivity contribution is 0.101. The molecule has 0 spiro atoms. The summed E-state index contributed by atoms with van der Waals surface area (Å²) >= 11 is 0. The van der Waals surface area contributed by atoms with Crippen LogP contribution in [0.4, 0.5) is 0 Å². The van der Waals surface area contributed by atoms with Crippen LogP contribution in [0.15, 0.2) is 30.5 Å². The Hall–Kier alpha value is -1.90. The van der Waals surface area contributed by atoms with Crippen LogP contribution in [-0.4, -0.2) is 15.6 Å². The normalized spacial score (nSPS) is 10.4. The van der Waals surface area contributed by atoms with Gasteiger partial charge in [0.25, 0.3) is 0 Å². The maximum atomic E-state index is 11.3. The number of rotatable bonds is 2. The third kappa shape index (κ3) is 1.89. The molecule has 0 atom stereocenters. The van der Waals surface area contributed by atoms with Crippen LogP contribution in [0, 0.1) is 13.8 Å². The zero-order chi connectivity index (χ0) is 11.7. The molecule has 16 heavy (non-hydrogen) atoms. The van der Waals surface area contributed by atoms with Crippen molar-refractivity contribution in [2.24, 2.45) is 0 Å². The predicted molar refractivity (Wildman–Crippen MR) is 63.0 cm³/mol. The number of hydrogen-bond donors (Lipinski definition) is 0. The zero-order valence-electron chi connectivity index (χ0n) is 9.69. The highest BCUT2D eigenvalue weighted by Crippen LogP contribution is 2.13. The van der Waals surface area contributed by atoms with Gasteiger partial charge < -0.3 is 0 Å². The van der Waals surface area contributed by atoms with Crippen molar-refractivity contribution in [1.29, 1.82) is 0 Å². The third-order valence-electron chi connectivity index (χ3n) is 2.54. The summed E-state index contributed by atoms with van der Waals surface area (Å²) in [7, 11) is 0. The Morgan fingerprint density at radius 1 is 1.31 bits per heavy atom. The monoisotopic (exact) mass is 214 g/mol. The number of aromatic nitrogens is 2. The highest BCUT2D eigenvalue weighted by atomic mass is 16.1. The lowest BCUT2D eigenvalue weighted by Crippen LogP contribution is -1.94. The van der Waals surface area contributed by atoms with E-state index in [1.54, 1.807) is 17.8 Å². The largest absolute Gasteiger partial charge is 0.294 e. The van der Waals surface area contributed by atoms with Gasteiger partial charge in [-0.3, -0.25) is 4.79 Å². The van der Waals surface area contributed by atoms with Gasteiger partial charge in [0, 0.05) is 6.20 Å². The molecule has 0 amide bonds. The Balaban J connectivity index is 2.49. The summed E-state index contributed by atoms with van der Waals surface area (Å²) in [6.07, 6.45) is 1.78. The van der Waals surface area contributed by atoms with Crippen molar-refractivity contribution in [1.82, 2.24) is 9.78 Å². The van der Waals surface area contributed by atoms with Crippen LogP contribution in [0.25, 0.3) is 5.69 Å². The molecular formula is C13H14N2O. The molecule has 0 saturated carbocycles. The van der Waals surface area contributed by atoms with Crippen molar-refractivity contribution in [2.45, 2.75) is 20.8 Å². The summed E-state index contributed by atoms with van der Waals surface area (Å²) in [6.45, 7) is 5.44. The van der Waals surface area contributed by atoms with Crippen LogP contribution in [0.5, 0.6) is 0 Å². The summed E-state index contributed by atoms with van der Waals surface area (Å²) in [5, 5.41) is 4.34. The minimum absolute atomic E-state index is 0.0522. The van der Waals surface area contributed by atoms with Crippen LogP contribution in [0.2, 0.25) is 0 Å². The van der Waals surface area contributed by atoms with Crippen LogP contribution in [-0.2, 0) is 0 Å². The molecule has 0 bridgehead atoms. The van der Waals surface area contributed by atoms with E-state index in [1.807, 2.05) is 38.1 Å². The molecule has 0 N–H and O–H groups in total. The van der Waals surface area contributed by atoms with E-state index in [9.17, 15) is 4.79 Å². The maximum Gasteiger partial charge on any atom is 0.163 e. The molecule has 3 heteroatoms. The molecule has 0 aliphatic rings. The first-order valence-corrected chi connectivity index (χ1v) is 5.22. The smallest absolute Gasteiger partial charge is 0.163 e. The van der Waals surface area contributed by atoms with Crippen molar-refractivity contribution >= 4 is 5.78 Å². The minimum Gasteiger partial charge on any atom is -0.294 e. The molecule has 1 aromatic carbocycles. The summed E-state index contributed by atoms with van der Waals surface area (Å²) in [5.41, 5.74) is 3.61. The topological polar surface area (TPSA) is 34.9 Å². The van der Waals surface area contributed by atoms with E-state index in [4.69, 9.17) is 0 Å². The van der Waals surface area contributed by atoms with Gasteiger partial charge in [-0.1, -0.05) is 12.1 Å². The molecule has 0 fully saturated rings. The Bertz CT molecular complexity index is 541. The number of benzene rings is 1. The minimum atomic E-state index is 0.0522. The molecule has 0 aliphatic carbocycles. The standard InChI is InChI=1S/C13H14N2O/c1-9-5-4-6-12(7-9)15-8-13(11(3)16)10(2)14-15/h4-8H,1-3H3. The zero-order valence-corrected chi connectivity index (χ0v) is 9.69. The third-order valence-corrected chi connectivity index (χ3v) is 2.54. The number of aryl methyl sites for hydroxylation is 2. The van der Waals surface area contributed by atoms with Gasteiger partial charge in [-0.05, 0) is 38.5 Å². The molecule has 3 nitrogen and oxygen atoms in total. The molecule has 2 rings (SSSR count). The molecule has 0 aliphatic heterocycles. The highest BCUT2D eigenvalue weighted by Gasteiger charge is 2.09. The number of ketones is 1. The average molecular weight is 214 g/mol. The highest BCUT2D eigenvalue weighted by molar-refractivity contribution is 5.94. The van der Waals surface area contributed by atoms with Gasteiger partial charge in [0.15, 0.2) is 5.78 Å². The van der Waals surface area contributed by atoms with Crippen LogP contribution < -0.4 is 0 Å². The van der Waals surface area contributed by atoms with E-state index in [0.29, 0.717) is 5.56 Å². The molecule has 0 unspecified atom stereocenters. The van der Waals surface area contributed by atoms with E-state index in [2.05, 4.69) is 5.10 Å². The molecule has 82 valence electrons. The van der Waals surface area contributed by atoms with E-state index in [0.717, 1.165) is 11.4 Å². The van der Waals surface area contributed by atoms with Gasteiger partial charge in [0.2, 0.25) is 0 Å². The lowest BCUT2D eigenvalue weighted by Gasteiger charge is -2.01. The Labute approximate surface area is 94.7 Å². The number of carbonyl (C=O) groups excluding carboxylic acids is 1. The van der Waals surface area contributed by atoms with E-state index in [1.165, 1.54) is 5.56 Å². The first kappa shape index (κ1) is 10.6. The van der Waals surface area contributed by atoms with Crippen molar-refractivity contribution in [3.05, 3.63) is 47.3 Å². The molecule has 1 heterocycles. The first-order chi connectivity index (χ1) is 7.58. The van der Waals surface area contributed by atoms with Crippen molar-refractivity contribution in [3.63, 3.8) is 0 Å². The molecule has 2 aromatic rings. The fraction of sp³-hybridized carbons (Fsp3) is 0.231. The fourth-order valence-electron chi connectivity index (χ4n) is 1.71. The molecule has 0 saturated heterocycles. The van der Waals surface area contributed by atoms with Gasteiger partial charge in [0.05, 0.1) is 16.9 Å². The summed E-state index contributed by atoms with van der Waals surface area (Å²) in [4.78, 5) is 11.3.